The molecule has 2 aliphatic heterocycles. The lowest BCUT2D eigenvalue weighted by Crippen LogP contribution is -2.32. The molecule has 15 heteroatoms. The van der Waals surface area contributed by atoms with E-state index in [-0.39, 0.29) is 35.7 Å². The van der Waals surface area contributed by atoms with Crippen LogP contribution in [0.3, 0.4) is 0 Å². The number of carbonyl (C=O) groups is 3. The number of aromatic carboxylic acids is 2. The number of carboxylic acid groups (broad SMARTS) is 2. The van der Waals surface area contributed by atoms with Crippen LogP contribution in [0, 0.1) is 0 Å². The number of ether oxygens (including phenoxy) is 4. The molecule has 4 heterocycles. The van der Waals surface area contributed by atoms with E-state index in [1.165, 1.54) is 30.9 Å². The Kier molecular flexibility index (Phi) is 8.98. The summed E-state index contributed by atoms with van der Waals surface area (Å²) in [5, 5.41) is 24.6. The zero-order valence-corrected chi connectivity index (χ0v) is 24.5. The van der Waals surface area contributed by atoms with Gasteiger partial charge in [-0.05, 0) is 30.7 Å². The predicted octanol–water partition coefficient (Wildman–Crippen LogP) is 3.30. The highest BCUT2D eigenvalue weighted by Crippen LogP contribution is 2.41. The maximum atomic E-state index is 12.2. The topological polar surface area (TPSA) is 196 Å². The van der Waals surface area contributed by atoms with Crippen LogP contribution < -0.4 is 10.6 Å². The highest BCUT2D eigenvalue weighted by atomic mass is 16.8. The van der Waals surface area contributed by atoms with Gasteiger partial charge in [0, 0.05) is 12.1 Å². The van der Waals surface area contributed by atoms with E-state index in [9.17, 15) is 24.6 Å². The van der Waals surface area contributed by atoms with Crippen LogP contribution in [0.25, 0.3) is 17.2 Å². The number of nitrogens with one attached hydrogen (secondary N) is 2. The normalized spacial score (nSPS) is 22.2. The largest absolute Gasteiger partial charge is 0.478 e. The van der Waals surface area contributed by atoms with Crippen molar-refractivity contribution in [1.29, 1.82) is 0 Å². The van der Waals surface area contributed by atoms with Crippen molar-refractivity contribution >= 4 is 41.0 Å². The zero-order valence-electron chi connectivity index (χ0n) is 24.5. The molecule has 2 saturated heterocycles. The van der Waals surface area contributed by atoms with E-state index in [0.717, 1.165) is 5.56 Å². The Labute approximate surface area is 261 Å². The molecule has 238 valence electrons. The average molecular weight is 631 g/mol. The summed E-state index contributed by atoms with van der Waals surface area (Å²) < 4.78 is 26.5. The van der Waals surface area contributed by atoms with Gasteiger partial charge in [0.1, 0.15) is 24.6 Å². The minimum absolute atomic E-state index is 0.0327. The fraction of sp³-hybridized carbons (Fsp3) is 0.290. The summed E-state index contributed by atoms with van der Waals surface area (Å²) >= 11 is 0. The second-order valence-corrected chi connectivity index (χ2v) is 10.4. The van der Waals surface area contributed by atoms with Gasteiger partial charge in [-0.1, -0.05) is 42.5 Å². The maximum Gasteiger partial charge on any atom is 0.336 e. The SMILES string of the molecule is CCNC(=O)Nc1ncnc2c1ncn2C1OC(COCc2c(C(=O)O)cccc2C(=O)O)C2O[C@H](C=Cc3ccccc3)OC21. The smallest absolute Gasteiger partial charge is 0.336 e. The van der Waals surface area contributed by atoms with Crippen molar-refractivity contribution in [2.24, 2.45) is 0 Å². The molecule has 0 aliphatic carbocycles. The quantitative estimate of drug-likeness (QED) is 0.189. The monoisotopic (exact) mass is 630 g/mol. The Bertz CT molecular complexity index is 1750. The number of carboxylic acids is 2. The Morgan fingerprint density at radius 1 is 0.957 bits per heavy atom. The molecule has 6 rings (SSSR count). The molecule has 0 spiro atoms. The summed E-state index contributed by atoms with van der Waals surface area (Å²) in [7, 11) is 0. The van der Waals surface area contributed by atoms with E-state index >= 15 is 0 Å². The van der Waals surface area contributed by atoms with E-state index in [0.29, 0.717) is 17.7 Å². The first-order valence-electron chi connectivity index (χ1n) is 14.4. The predicted molar refractivity (Wildman–Crippen MR) is 161 cm³/mol. The van der Waals surface area contributed by atoms with Gasteiger partial charge in [-0.25, -0.2) is 29.3 Å². The minimum Gasteiger partial charge on any atom is -0.478 e. The van der Waals surface area contributed by atoms with Gasteiger partial charge in [0.15, 0.2) is 29.5 Å². The molecule has 2 aromatic heterocycles. The summed E-state index contributed by atoms with van der Waals surface area (Å²) in [6, 6.07) is 13.2. The number of rotatable bonds is 11. The second kappa shape index (κ2) is 13.4. The highest BCUT2D eigenvalue weighted by Gasteiger charge is 2.53. The van der Waals surface area contributed by atoms with Crippen LogP contribution in [0.15, 0.2) is 67.3 Å². The first-order valence-corrected chi connectivity index (χ1v) is 14.4. The molecule has 2 amide bonds. The van der Waals surface area contributed by atoms with Crippen molar-refractivity contribution in [3.8, 4) is 0 Å². The standard InChI is InChI=1S/C31H30N6O9/c1-2-32-31(42)36-26-23-27(34-15-33-26)37(16-35-23)28-25-24(45-22(46-25)12-11-17-7-4-3-5-8-17)21(44-28)14-43-13-20-18(29(38)39)9-6-10-19(20)30(40)41/h3-12,15-16,21-22,24-25,28H,2,13-14H2,1H3,(H,38,39)(H,40,41)(H2,32,33,34,36,42)/t21?,22-,24?,25?,28?/m0/s1. The maximum absolute atomic E-state index is 12.2. The number of amides is 2. The molecule has 4 unspecified atom stereocenters. The number of hydrogen-bond donors (Lipinski definition) is 4. The molecule has 0 saturated carbocycles. The van der Waals surface area contributed by atoms with Crippen molar-refractivity contribution in [2.45, 2.75) is 44.4 Å². The van der Waals surface area contributed by atoms with Crippen molar-refractivity contribution in [2.75, 3.05) is 18.5 Å². The number of urea groups is 1. The number of aromatic nitrogens is 4. The van der Waals surface area contributed by atoms with Gasteiger partial charge in [0.25, 0.3) is 0 Å². The van der Waals surface area contributed by atoms with E-state index in [2.05, 4.69) is 25.6 Å². The van der Waals surface area contributed by atoms with Crippen LogP contribution in [0.4, 0.5) is 10.6 Å². The van der Waals surface area contributed by atoms with Crippen LogP contribution in [0.5, 0.6) is 0 Å². The molecule has 0 bridgehead atoms. The third kappa shape index (κ3) is 6.29. The number of fused-ring (bicyclic) bond motifs is 2. The van der Waals surface area contributed by atoms with E-state index in [4.69, 9.17) is 18.9 Å². The van der Waals surface area contributed by atoms with Crippen molar-refractivity contribution in [3.05, 3.63) is 89.5 Å². The van der Waals surface area contributed by atoms with Crippen molar-refractivity contribution in [3.63, 3.8) is 0 Å². The average Bonchev–Trinajstić information content (AvgIpc) is 3.75. The number of benzene rings is 2. The molecular weight excluding hydrogens is 600 g/mol. The Morgan fingerprint density at radius 2 is 1.70 bits per heavy atom. The number of imidazole rings is 1. The summed E-state index contributed by atoms with van der Waals surface area (Å²) in [6.45, 7) is 1.85. The molecule has 2 aromatic carbocycles. The Morgan fingerprint density at radius 3 is 2.41 bits per heavy atom. The molecule has 5 atom stereocenters. The summed E-state index contributed by atoms with van der Waals surface area (Å²) in [6.07, 6.45) is 2.97. The Hall–Kier alpha value is -5.22. The van der Waals surface area contributed by atoms with Gasteiger partial charge in [0.05, 0.1) is 30.7 Å². The molecule has 46 heavy (non-hydrogen) atoms. The van der Waals surface area contributed by atoms with Gasteiger partial charge in [0.2, 0.25) is 0 Å². The lowest BCUT2D eigenvalue weighted by molar-refractivity contribution is -0.139. The third-order valence-electron chi connectivity index (χ3n) is 7.48. The minimum atomic E-state index is -1.27. The number of anilines is 1. The number of nitrogens with zero attached hydrogens (tertiary/aromatic N) is 4. The molecule has 0 radical (unpaired) electrons. The third-order valence-corrected chi connectivity index (χ3v) is 7.48. The molecule has 2 fully saturated rings. The van der Waals surface area contributed by atoms with Crippen LogP contribution in [-0.2, 0) is 25.6 Å². The number of hydrogen-bond acceptors (Lipinski definition) is 10. The molecule has 4 aromatic rings. The van der Waals surface area contributed by atoms with Crippen LogP contribution in [0.1, 0.15) is 45.0 Å². The van der Waals surface area contributed by atoms with Gasteiger partial charge in [-0.3, -0.25) is 9.88 Å². The highest BCUT2D eigenvalue weighted by molar-refractivity contribution is 5.97. The van der Waals surface area contributed by atoms with Gasteiger partial charge < -0.3 is 34.5 Å². The van der Waals surface area contributed by atoms with Crippen LogP contribution in [-0.4, -0.2) is 85.5 Å². The van der Waals surface area contributed by atoms with Gasteiger partial charge >= 0.3 is 18.0 Å². The first-order chi connectivity index (χ1) is 22.3. The fourth-order valence-electron chi connectivity index (χ4n) is 5.42. The van der Waals surface area contributed by atoms with E-state index < -0.39 is 48.8 Å². The molecule has 2 aliphatic rings. The fourth-order valence-corrected chi connectivity index (χ4v) is 5.42. The van der Waals surface area contributed by atoms with Crippen LogP contribution >= 0.6 is 0 Å². The van der Waals surface area contributed by atoms with Crippen molar-refractivity contribution in [1.82, 2.24) is 24.8 Å². The Balaban J connectivity index is 1.26. The molecule has 15 nitrogen and oxygen atoms in total. The molecule has 4 N–H and O–H groups in total. The first kappa shape index (κ1) is 30.8. The van der Waals surface area contributed by atoms with Gasteiger partial charge in [-0.15, -0.1) is 0 Å². The summed E-state index contributed by atoms with van der Waals surface area (Å²) in [5.41, 5.74) is 1.35. The van der Waals surface area contributed by atoms with E-state index in [1.54, 1.807) is 17.6 Å². The van der Waals surface area contributed by atoms with Crippen molar-refractivity contribution < 1.29 is 43.5 Å². The van der Waals surface area contributed by atoms with Crippen LogP contribution in [0.2, 0.25) is 0 Å². The van der Waals surface area contributed by atoms with Gasteiger partial charge in [-0.2, -0.15) is 0 Å². The number of carbonyl (C=O) groups excluding carboxylic acids is 1. The summed E-state index contributed by atoms with van der Waals surface area (Å²) in [5.74, 6) is -2.33. The summed E-state index contributed by atoms with van der Waals surface area (Å²) in [4.78, 5) is 48.7. The zero-order chi connectivity index (χ0) is 32.2. The lowest BCUT2D eigenvalue weighted by atomic mass is 10.0. The molecular formula is C31H30N6O9. The lowest BCUT2D eigenvalue weighted by Gasteiger charge is -2.20. The van der Waals surface area contributed by atoms with E-state index in [1.807, 2.05) is 36.4 Å². The second-order valence-electron chi connectivity index (χ2n) is 10.4.